The molecule has 0 aliphatic carbocycles. The van der Waals surface area contributed by atoms with E-state index in [0.29, 0.717) is 5.92 Å². The van der Waals surface area contributed by atoms with Crippen molar-refractivity contribution in [2.24, 2.45) is 5.92 Å². The van der Waals surface area contributed by atoms with Crippen molar-refractivity contribution in [2.75, 3.05) is 7.11 Å². The average Bonchev–Trinajstić information content (AvgIpc) is 2.61. The van der Waals surface area contributed by atoms with E-state index < -0.39 is 0 Å². The molecule has 0 saturated heterocycles. The molecule has 0 radical (unpaired) electrons. The number of aromatic nitrogens is 1. The van der Waals surface area contributed by atoms with Gasteiger partial charge in [0.15, 0.2) is 0 Å². The van der Waals surface area contributed by atoms with Crippen molar-refractivity contribution in [1.29, 1.82) is 0 Å². The summed E-state index contributed by atoms with van der Waals surface area (Å²) in [5.41, 5.74) is 1.25. The number of benzene rings is 1. The van der Waals surface area contributed by atoms with Crippen molar-refractivity contribution in [3.05, 3.63) is 30.5 Å². The highest BCUT2D eigenvalue weighted by molar-refractivity contribution is 5.86. The van der Waals surface area contributed by atoms with Crippen molar-refractivity contribution in [1.82, 2.24) is 4.57 Å². The van der Waals surface area contributed by atoms with E-state index in [1.807, 2.05) is 12.1 Å². The van der Waals surface area contributed by atoms with Crippen LogP contribution >= 0.6 is 0 Å². The van der Waals surface area contributed by atoms with Crippen LogP contribution in [0.3, 0.4) is 0 Å². The van der Waals surface area contributed by atoms with Gasteiger partial charge in [-0.25, -0.2) is 0 Å². The van der Waals surface area contributed by atoms with Gasteiger partial charge in [-0.15, -0.1) is 0 Å². The standard InChI is InChI=1S/C13H17NO/c1-10(2)9-14-8-7-11-12(14)5-4-6-13(11)15-3/h4-8,10H,9H2,1-3H3. The van der Waals surface area contributed by atoms with Crippen LogP contribution in [0.25, 0.3) is 10.9 Å². The Bertz CT molecular complexity index is 457. The lowest BCUT2D eigenvalue weighted by Crippen LogP contribution is -2.02. The summed E-state index contributed by atoms with van der Waals surface area (Å²) in [6, 6.07) is 8.30. The maximum absolute atomic E-state index is 5.33. The Morgan fingerprint density at radius 2 is 2.07 bits per heavy atom. The molecule has 15 heavy (non-hydrogen) atoms. The van der Waals surface area contributed by atoms with Gasteiger partial charge in [0.1, 0.15) is 5.75 Å². The number of ether oxygens (including phenoxy) is 1. The Balaban J connectivity index is 2.51. The highest BCUT2D eigenvalue weighted by Crippen LogP contribution is 2.26. The molecule has 2 heteroatoms. The van der Waals surface area contributed by atoms with Crippen LogP contribution in [0.2, 0.25) is 0 Å². The van der Waals surface area contributed by atoms with E-state index in [9.17, 15) is 0 Å². The van der Waals surface area contributed by atoms with Gasteiger partial charge in [-0.2, -0.15) is 0 Å². The summed E-state index contributed by atoms with van der Waals surface area (Å²) in [4.78, 5) is 0. The van der Waals surface area contributed by atoms with Gasteiger partial charge < -0.3 is 9.30 Å². The van der Waals surface area contributed by atoms with Gasteiger partial charge in [-0.1, -0.05) is 19.9 Å². The molecule has 1 heterocycles. The Morgan fingerprint density at radius 3 is 2.73 bits per heavy atom. The van der Waals surface area contributed by atoms with Crippen LogP contribution in [-0.4, -0.2) is 11.7 Å². The fourth-order valence-corrected chi connectivity index (χ4v) is 1.93. The molecule has 0 N–H and O–H groups in total. The molecule has 0 fully saturated rings. The molecule has 0 unspecified atom stereocenters. The molecule has 0 amide bonds. The van der Waals surface area contributed by atoms with Gasteiger partial charge in [0.05, 0.1) is 12.6 Å². The fraction of sp³-hybridized carbons (Fsp3) is 0.385. The molecule has 0 spiro atoms. The van der Waals surface area contributed by atoms with Crippen molar-refractivity contribution in [3.63, 3.8) is 0 Å². The fourth-order valence-electron chi connectivity index (χ4n) is 1.93. The van der Waals surface area contributed by atoms with E-state index in [1.54, 1.807) is 7.11 Å². The van der Waals surface area contributed by atoms with E-state index in [1.165, 1.54) is 10.9 Å². The lowest BCUT2D eigenvalue weighted by molar-refractivity contribution is 0.420. The predicted molar refractivity (Wildman–Crippen MR) is 63.3 cm³/mol. The molecule has 1 aromatic carbocycles. The number of fused-ring (bicyclic) bond motifs is 1. The smallest absolute Gasteiger partial charge is 0.128 e. The van der Waals surface area contributed by atoms with Gasteiger partial charge in [0.25, 0.3) is 0 Å². The Morgan fingerprint density at radius 1 is 1.27 bits per heavy atom. The summed E-state index contributed by atoms with van der Waals surface area (Å²) in [7, 11) is 1.72. The van der Waals surface area contributed by atoms with Gasteiger partial charge in [-0.05, 0) is 24.1 Å². The molecule has 0 bridgehead atoms. The summed E-state index contributed by atoms with van der Waals surface area (Å²) in [6.45, 7) is 5.51. The second kappa shape index (κ2) is 3.97. The first-order valence-corrected chi connectivity index (χ1v) is 5.34. The molecule has 0 saturated carbocycles. The molecule has 2 nitrogen and oxygen atoms in total. The number of hydrogen-bond donors (Lipinski definition) is 0. The third-order valence-corrected chi connectivity index (χ3v) is 2.56. The Hall–Kier alpha value is -1.44. The Labute approximate surface area is 90.5 Å². The zero-order valence-electron chi connectivity index (χ0n) is 9.53. The first-order chi connectivity index (χ1) is 7.22. The van der Waals surface area contributed by atoms with Gasteiger partial charge >= 0.3 is 0 Å². The summed E-state index contributed by atoms with van der Waals surface area (Å²) in [5.74, 6) is 1.61. The molecular formula is C13H17NO. The normalized spacial score (nSPS) is 11.2. The van der Waals surface area contributed by atoms with Crippen LogP contribution in [0, 0.1) is 5.92 Å². The number of nitrogens with zero attached hydrogens (tertiary/aromatic N) is 1. The lowest BCUT2D eigenvalue weighted by Gasteiger charge is -2.08. The first-order valence-electron chi connectivity index (χ1n) is 5.34. The van der Waals surface area contributed by atoms with Gasteiger partial charge in [0.2, 0.25) is 0 Å². The Kier molecular flexibility index (Phi) is 2.67. The second-order valence-corrected chi connectivity index (χ2v) is 4.26. The number of methoxy groups -OCH3 is 1. The lowest BCUT2D eigenvalue weighted by atomic mass is 10.2. The van der Waals surface area contributed by atoms with E-state index in [4.69, 9.17) is 4.74 Å². The SMILES string of the molecule is COc1cccc2c1ccn2CC(C)C. The maximum Gasteiger partial charge on any atom is 0.128 e. The zero-order chi connectivity index (χ0) is 10.8. The van der Waals surface area contributed by atoms with E-state index in [2.05, 4.69) is 36.7 Å². The minimum absolute atomic E-state index is 0.659. The second-order valence-electron chi connectivity index (χ2n) is 4.26. The highest BCUT2D eigenvalue weighted by Gasteiger charge is 2.06. The third-order valence-electron chi connectivity index (χ3n) is 2.56. The molecule has 80 valence electrons. The summed E-state index contributed by atoms with van der Waals surface area (Å²) in [5, 5.41) is 1.20. The van der Waals surface area contributed by atoms with E-state index >= 15 is 0 Å². The monoisotopic (exact) mass is 203 g/mol. The predicted octanol–water partition coefficient (Wildman–Crippen LogP) is 3.31. The molecule has 2 aromatic rings. The average molecular weight is 203 g/mol. The van der Waals surface area contributed by atoms with Crippen LogP contribution in [0.1, 0.15) is 13.8 Å². The molecule has 2 rings (SSSR count). The topological polar surface area (TPSA) is 14.2 Å². The molecule has 1 aromatic heterocycles. The van der Waals surface area contributed by atoms with Crippen LogP contribution in [-0.2, 0) is 6.54 Å². The quantitative estimate of drug-likeness (QED) is 0.746. The van der Waals surface area contributed by atoms with Crippen LogP contribution in [0.4, 0.5) is 0 Å². The van der Waals surface area contributed by atoms with Gasteiger partial charge in [-0.3, -0.25) is 0 Å². The van der Waals surface area contributed by atoms with Gasteiger partial charge in [0, 0.05) is 18.1 Å². The van der Waals surface area contributed by atoms with E-state index in [-0.39, 0.29) is 0 Å². The zero-order valence-corrected chi connectivity index (χ0v) is 9.53. The van der Waals surface area contributed by atoms with Crippen LogP contribution in [0.5, 0.6) is 5.75 Å². The third kappa shape index (κ3) is 1.84. The van der Waals surface area contributed by atoms with Crippen molar-refractivity contribution >= 4 is 10.9 Å². The van der Waals surface area contributed by atoms with Crippen molar-refractivity contribution < 1.29 is 4.74 Å². The minimum atomic E-state index is 0.659. The van der Waals surface area contributed by atoms with E-state index in [0.717, 1.165) is 12.3 Å². The summed E-state index contributed by atoms with van der Waals surface area (Å²) < 4.78 is 7.61. The minimum Gasteiger partial charge on any atom is -0.496 e. The molecule has 0 atom stereocenters. The summed E-state index contributed by atoms with van der Waals surface area (Å²) in [6.07, 6.45) is 2.13. The largest absolute Gasteiger partial charge is 0.496 e. The van der Waals surface area contributed by atoms with Crippen LogP contribution < -0.4 is 4.74 Å². The van der Waals surface area contributed by atoms with Crippen molar-refractivity contribution in [3.8, 4) is 5.75 Å². The number of rotatable bonds is 3. The first kappa shape index (κ1) is 10.1. The molecule has 0 aliphatic rings. The number of hydrogen-bond acceptors (Lipinski definition) is 1. The van der Waals surface area contributed by atoms with Crippen LogP contribution in [0.15, 0.2) is 30.5 Å². The molecule has 0 aliphatic heterocycles. The van der Waals surface area contributed by atoms with Crippen molar-refractivity contribution in [2.45, 2.75) is 20.4 Å². The maximum atomic E-state index is 5.33. The molecular weight excluding hydrogens is 186 g/mol. The highest BCUT2D eigenvalue weighted by atomic mass is 16.5. The summed E-state index contributed by atoms with van der Waals surface area (Å²) >= 11 is 0.